The van der Waals surface area contributed by atoms with Crippen LogP contribution in [0.1, 0.15) is 55.9 Å². The summed E-state index contributed by atoms with van der Waals surface area (Å²) in [6.45, 7) is 8.48. The van der Waals surface area contributed by atoms with Crippen molar-refractivity contribution in [2.24, 2.45) is 0 Å². The number of oxazole rings is 1. The zero-order chi connectivity index (χ0) is 10.8. The second-order valence-corrected chi connectivity index (χ2v) is 4.69. The van der Waals surface area contributed by atoms with Gasteiger partial charge in [-0.3, -0.25) is 0 Å². The Morgan fingerprint density at radius 2 is 2.27 bits per heavy atom. The van der Waals surface area contributed by atoms with E-state index in [-0.39, 0.29) is 0 Å². The predicted molar refractivity (Wildman–Crippen MR) is 60.2 cm³/mol. The first-order valence-corrected chi connectivity index (χ1v) is 5.86. The molecule has 3 heteroatoms. The molecule has 0 radical (unpaired) electrons. The summed E-state index contributed by atoms with van der Waals surface area (Å²) in [6.07, 6.45) is 2.42. The van der Waals surface area contributed by atoms with Gasteiger partial charge in [-0.25, -0.2) is 4.98 Å². The Kier molecular flexibility index (Phi) is 3.10. The average Bonchev–Trinajstić information content (AvgIpc) is 2.62. The highest BCUT2D eigenvalue weighted by atomic mass is 16.4. The minimum Gasteiger partial charge on any atom is -0.445 e. The number of aryl methyl sites for hydroxylation is 1. The van der Waals surface area contributed by atoms with Gasteiger partial charge in [0.25, 0.3) is 0 Å². The lowest BCUT2D eigenvalue weighted by atomic mass is 10.00. The third-order valence-corrected chi connectivity index (χ3v) is 3.04. The highest BCUT2D eigenvalue weighted by molar-refractivity contribution is 5.14. The minimum absolute atomic E-state index is 0.457. The first kappa shape index (κ1) is 10.7. The molecule has 15 heavy (non-hydrogen) atoms. The first-order chi connectivity index (χ1) is 7.18. The summed E-state index contributed by atoms with van der Waals surface area (Å²) in [5, 5.41) is 3.39. The maximum atomic E-state index is 5.76. The number of piperidine rings is 1. The maximum absolute atomic E-state index is 5.76. The van der Waals surface area contributed by atoms with Crippen molar-refractivity contribution in [2.75, 3.05) is 13.1 Å². The lowest BCUT2D eigenvalue weighted by molar-refractivity contribution is 0.368. The van der Waals surface area contributed by atoms with Crippen molar-refractivity contribution in [1.29, 1.82) is 0 Å². The van der Waals surface area contributed by atoms with E-state index in [0.717, 1.165) is 30.4 Å². The van der Waals surface area contributed by atoms with Gasteiger partial charge in [0.05, 0.1) is 5.69 Å². The van der Waals surface area contributed by atoms with Gasteiger partial charge in [-0.1, -0.05) is 13.8 Å². The molecular formula is C12H20N2O. The summed E-state index contributed by atoms with van der Waals surface area (Å²) < 4.78 is 5.76. The van der Waals surface area contributed by atoms with Crippen LogP contribution in [0.3, 0.4) is 0 Å². The van der Waals surface area contributed by atoms with Crippen molar-refractivity contribution >= 4 is 0 Å². The van der Waals surface area contributed by atoms with Crippen LogP contribution in [0.25, 0.3) is 0 Å². The van der Waals surface area contributed by atoms with Gasteiger partial charge in [-0.05, 0) is 32.2 Å². The van der Waals surface area contributed by atoms with Crippen LogP contribution in [0.5, 0.6) is 0 Å². The van der Waals surface area contributed by atoms with Crippen LogP contribution in [0.4, 0.5) is 0 Å². The molecule has 3 nitrogen and oxygen atoms in total. The molecule has 1 aliphatic heterocycles. The summed E-state index contributed by atoms with van der Waals surface area (Å²) in [5.41, 5.74) is 1.12. The van der Waals surface area contributed by atoms with Gasteiger partial charge >= 0.3 is 0 Å². The van der Waals surface area contributed by atoms with Crippen LogP contribution in [0.2, 0.25) is 0 Å². The molecule has 0 amide bonds. The Morgan fingerprint density at radius 3 is 2.80 bits per heavy atom. The van der Waals surface area contributed by atoms with E-state index in [1.165, 1.54) is 12.8 Å². The molecule has 0 aliphatic carbocycles. The van der Waals surface area contributed by atoms with Crippen LogP contribution in [0.15, 0.2) is 4.42 Å². The Morgan fingerprint density at radius 1 is 1.47 bits per heavy atom. The largest absolute Gasteiger partial charge is 0.445 e. The van der Waals surface area contributed by atoms with E-state index in [0.29, 0.717) is 11.8 Å². The number of nitrogens with one attached hydrogen (secondary N) is 1. The molecule has 1 aromatic heterocycles. The van der Waals surface area contributed by atoms with Gasteiger partial charge in [-0.2, -0.15) is 0 Å². The zero-order valence-corrected chi connectivity index (χ0v) is 9.84. The number of nitrogens with zero attached hydrogens (tertiary/aromatic N) is 1. The number of hydrogen-bond acceptors (Lipinski definition) is 3. The van der Waals surface area contributed by atoms with Gasteiger partial charge < -0.3 is 9.73 Å². The second-order valence-electron chi connectivity index (χ2n) is 4.69. The molecule has 0 bridgehead atoms. The van der Waals surface area contributed by atoms with Crippen LogP contribution in [-0.2, 0) is 0 Å². The monoisotopic (exact) mass is 208 g/mol. The fourth-order valence-corrected chi connectivity index (χ4v) is 2.20. The molecule has 1 saturated heterocycles. The van der Waals surface area contributed by atoms with E-state index in [4.69, 9.17) is 4.42 Å². The van der Waals surface area contributed by atoms with Crippen molar-refractivity contribution in [3.63, 3.8) is 0 Å². The highest BCUT2D eigenvalue weighted by Gasteiger charge is 2.22. The second kappa shape index (κ2) is 4.35. The van der Waals surface area contributed by atoms with Gasteiger partial charge in [0.15, 0.2) is 5.89 Å². The topological polar surface area (TPSA) is 38.1 Å². The van der Waals surface area contributed by atoms with E-state index >= 15 is 0 Å². The van der Waals surface area contributed by atoms with Crippen LogP contribution in [0, 0.1) is 6.92 Å². The number of hydrogen-bond donors (Lipinski definition) is 1. The van der Waals surface area contributed by atoms with E-state index in [2.05, 4.69) is 24.1 Å². The smallest absolute Gasteiger partial charge is 0.199 e. The highest BCUT2D eigenvalue weighted by Crippen LogP contribution is 2.27. The number of aromatic nitrogens is 1. The third-order valence-electron chi connectivity index (χ3n) is 3.04. The fourth-order valence-electron chi connectivity index (χ4n) is 2.20. The molecule has 0 aromatic carbocycles. The minimum atomic E-state index is 0.457. The molecule has 1 aromatic rings. The molecule has 1 unspecified atom stereocenters. The molecule has 2 heterocycles. The molecule has 0 saturated carbocycles. The molecular weight excluding hydrogens is 188 g/mol. The third kappa shape index (κ3) is 2.23. The summed E-state index contributed by atoms with van der Waals surface area (Å²) in [7, 11) is 0. The molecule has 1 N–H and O–H groups in total. The normalized spacial score (nSPS) is 22.3. The van der Waals surface area contributed by atoms with Gasteiger partial charge in [0, 0.05) is 12.5 Å². The molecule has 1 fully saturated rings. The Labute approximate surface area is 91.3 Å². The fraction of sp³-hybridized carbons (Fsp3) is 0.750. The summed E-state index contributed by atoms with van der Waals surface area (Å²) in [4.78, 5) is 4.63. The van der Waals surface area contributed by atoms with E-state index < -0.39 is 0 Å². The van der Waals surface area contributed by atoms with Crippen LogP contribution >= 0.6 is 0 Å². The Balaban J connectivity index is 2.17. The Hall–Kier alpha value is -0.830. The predicted octanol–water partition coefficient (Wildman–Crippen LogP) is 2.57. The average molecular weight is 208 g/mol. The van der Waals surface area contributed by atoms with Crippen molar-refractivity contribution in [3.05, 3.63) is 17.3 Å². The van der Waals surface area contributed by atoms with E-state index in [1.807, 2.05) is 6.92 Å². The van der Waals surface area contributed by atoms with Crippen molar-refractivity contribution < 1.29 is 4.42 Å². The summed E-state index contributed by atoms with van der Waals surface area (Å²) >= 11 is 0. The quantitative estimate of drug-likeness (QED) is 0.811. The summed E-state index contributed by atoms with van der Waals surface area (Å²) in [5.74, 6) is 2.86. The Bertz CT molecular complexity index is 324. The molecule has 1 atom stereocenters. The lowest BCUT2D eigenvalue weighted by Crippen LogP contribution is -2.28. The van der Waals surface area contributed by atoms with Crippen LogP contribution < -0.4 is 5.32 Å². The zero-order valence-electron chi connectivity index (χ0n) is 9.84. The SMILES string of the molecule is Cc1oc(C2CCCNC2)nc1C(C)C. The summed E-state index contributed by atoms with van der Waals surface area (Å²) in [6, 6.07) is 0. The molecule has 2 rings (SSSR count). The molecule has 1 aliphatic rings. The van der Waals surface area contributed by atoms with E-state index in [1.54, 1.807) is 0 Å². The van der Waals surface area contributed by atoms with Crippen molar-refractivity contribution in [3.8, 4) is 0 Å². The number of rotatable bonds is 2. The van der Waals surface area contributed by atoms with Crippen molar-refractivity contribution in [2.45, 2.75) is 45.4 Å². The van der Waals surface area contributed by atoms with Crippen LogP contribution in [-0.4, -0.2) is 18.1 Å². The van der Waals surface area contributed by atoms with E-state index in [9.17, 15) is 0 Å². The lowest BCUT2D eigenvalue weighted by Gasteiger charge is -2.19. The van der Waals surface area contributed by atoms with Crippen molar-refractivity contribution in [1.82, 2.24) is 10.3 Å². The van der Waals surface area contributed by atoms with Gasteiger partial charge in [0.1, 0.15) is 5.76 Å². The first-order valence-electron chi connectivity index (χ1n) is 5.86. The maximum Gasteiger partial charge on any atom is 0.199 e. The van der Waals surface area contributed by atoms with Gasteiger partial charge in [0.2, 0.25) is 0 Å². The molecule has 0 spiro atoms. The van der Waals surface area contributed by atoms with Gasteiger partial charge in [-0.15, -0.1) is 0 Å². The standard InChI is InChI=1S/C12H20N2O/c1-8(2)11-9(3)15-12(14-11)10-5-4-6-13-7-10/h8,10,13H,4-7H2,1-3H3. The molecule has 84 valence electrons.